The third-order valence-electron chi connectivity index (χ3n) is 5.55. The molecule has 0 atom stereocenters. The summed E-state index contributed by atoms with van der Waals surface area (Å²) in [5.74, 6) is 1.29. The summed E-state index contributed by atoms with van der Waals surface area (Å²) in [4.78, 5) is 20.4. The minimum atomic E-state index is -0.149. The number of hydrogen-bond donors (Lipinski definition) is 0. The first kappa shape index (κ1) is 16.8. The second-order valence-corrected chi connectivity index (χ2v) is 7.87. The number of hydrogen-bond acceptors (Lipinski definition) is 4. The standard InChI is InChI=1S/C19H25N3O2S/c1-2-17-20-8-12-21(17)9-3-18(23)22-10-6-19(7-11-22)15-5-14-25-16(15)4-13-24-19/h5,8,12,14H,2-4,6-7,9-11,13H2,1H3. The summed E-state index contributed by atoms with van der Waals surface area (Å²) in [6.07, 6.45) is 8.07. The lowest BCUT2D eigenvalue weighted by atomic mass is 9.82. The van der Waals surface area contributed by atoms with E-state index in [0.29, 0.717) is 6.42 Å². The molecule has 0 saturated carbocycles. The van der Waals surface area contributed by atoms with Gasteiger partial charge in [0.1, 0.15) is 5.82 Å². The van der Waals surface area contributed by atoms with E-state index in [1.54, 1.807) is 0 Å². The van der Waals surface area contributed by atoms with Crippen LogP contribution in [-0.2, 0) is 34.5 Å². The van der Waals surface area contributed by atoms with Crippen LogP contribution in [0.15, 0.2) is 23.8 Å². The Morgan fingerprint density at radius 1 is 1.40 bits per heavy atom. The number of carbonyl (C=O) groups excluding carboxylic acids is 1. The molecule has 0 radical (unpaired) electrons. The number of amides is 1. The molecule has 0 N–H and O–H groups in total. The number of aryl methyl sites for hydroxylation is 2. The SMILES string of the molecule is CCc1nccn1CCC(=O)N1CCC2(CC1)OCCc1sccc12. The van der Waals surface area contributed by atoms with Gasteiger partial charge in [0, 0.05) is 56.2 Å². The van der Waals surface area contributed by atoms with Crippen LogP contribution in [0.4, 0.5) is 0 Å². The average Bonchev–Trinajstić information content (AvgIpc) is 3.30. The molecule has 4 heterocycles. The van der Waals surface area contributed by atoms with Gasteiger partial charge in [-0.1, -0.05) is 6.92 Å². The monoisotopic (exact) mass is 359 g/mol. The predicted molar refractivity (Wildman–Crippen MR) is 97.7 cm³/mol. The highest BCUT2D eigenvalue weighted by Crippen LogP contribution is 2.43. The number of piperidine rings is 1. The Bertz CT molecular complexity index is 743. The quantitative estimate of drug-likeness (QED) is 0.843. The van der Waals surface area contributed by atoms with E-state index in [1.165, 1.54) is 10.4 Å². The van der Waals surface area contributed by atoms with Gasteiger partial charge in [-0.2, -0.15) is 0 Å². The summed E-state index contributed by atoms with van der Waals surface area (Å²) >= 11 is 1.84. The number of imidazole rings is 1. The van der Waals surface area contributed by atoms with Crippen molar-refractivity contribution in [1.82, 2.24) is 14.5 Å². The number of likely N-dealkylation sites (tertiary alicyclic amines) is 1. The van der Waals surface area contributed by atoms with E-state index in [9.17, 15) is 4.79 Å². The van der Waals surface area contributed by atoms with Crippen molar-refractivity contribution in [3.05, 3.63) is 40.1 Å². The van der Waals surface area contributed by atoms with E-state index < -0.39 is 0 Å². The van der Waals surface area contributed by atoms with Gasteiger partial charge in [-0.05, 0) is 29.9 Å². The lowest BCUT2D eigenvalue weighted by Gasteiger charge is -2.44. The number of rotatable bonds is 4. The molecule has 0 aromatic carbocycles. The van der Waals surface area contributed by atoms with Gasteiger partial charge in [-0.3, -0.25) is 4.79 Å². The summed E-state index contributed by atoms with van der Waals surface area (Å²) in [5, 5.41) is 2.18. The molecule has 2 aromatic heterocycles. The van der Waals surface area contributed by atoms with Crippen molar-refractivity contribution in [2.75, 3.05) is 19.7 Å². The lowest BCUT2D eigenvalue weighted by Crippen LogP contribution is -2.48. The van der Waals surface area contributed by atoms with Crippen molar-refractivity contribution in [3.8, 4) is 0 Å². The Kier molecular flexibility index (Phi) is 4.65. The predicted octanol–water partition coefficient (Wildman–Crippen LogP) is 2.99. The minimum absolute atomic E-state index is 0.149. The van der Waals surface area contributed by atoms with Gasteiger partial charge < -0.3 is 14.2 Å². The van der Waals surface area contributed by atoms with E-state index in [1.807, 2.05) is 28.6 Å². The summed E-state index contributed by atoms with van der Waals surface area (Å²) in [7, 11) is 0. The fourth-order valence-corrected chi connectivity index (χ4v) is 5.07. The summed E-state index contributed by atoms with van der Waals surface area (Å²) < 4.78 is 8.31. The Morgan fingerprint density at radius 2 is 2.24 bits per heavy atom. The minimum Gasteiger partial charge on any atom is -0.370 e. The highest BCUT2D eigenvalue weighted by molar-refractivity contribution is 7.10. The summed E-state index contributed by atoms with van der Waals surface area (Å²) in [5.41, 5.74) is 1.23. The smallest absolute Gasteiger partial charge is 0.224 e. The van der Waals surface area contributed by atoms with Gasteiger partial charge >= 0.3 is 0 Å². The highest BCUT2D eigenvalue weighted by atomic mass is 32.1. The van der Waals surface area contributed by atoms with Crippen LogP contribution in [-0.4, -0.2) is 40.1 Å². The van der Waals surface area contributed by atoms with E-state index >= 15 is 0 Å². The molecule has 5 nitrogen and oxygen atoms in total. The molecule has 0 bridgehead atoms. The van der Waals surface area contributed by atoms with Crippen LogP contribution in [0.25, 0.3) is 0 Å². The molecule has 4 rings (SSSR count). The molecule has 2 aromatic rings. The summed E-state index contributed by atoms with van der Waals surface area (Å²) in [6.45, 7) is 5.20. The van der Waals surface area contributed by atoms with Crippen molar-refractivity contribution in [2.24, 2.45) is 0 Å². The van der Waals surface area contributed by atoms with E-state index in [2.05, 4.69) is 27.9 Å². The van der Waals surface area contributed by atoms with Crippen LogP contribution >= 0.6 is 11.3 Å². The fourth-order valence-electron chi connectivity index (χ4n) is 4.12. The van der Waals surface area contributed by atoms with Crippen molar-refractivity contribution in [1.29, 1.82) is 0 Å². The van der Waals surface area contributed by atoms with Crippen molar-refractivity contribution in [2.45, 2.75) is 51.2 Å². The van der Waals surface area contributed by atoms with Crippen LogP contribution < -0.4 is 0 Å². The van der Waals surface area contributed by atoms with E-state index in [0.717, 1.165) is 57.7 Å². The molecule has 1 fully saturated rings. The van der Waals surface area contributed by atoms with Crippen LogP contribution in [0.3, 0.4) is 0 Å². The molecule has 6 heteroatoms. The Hall–Kier alpha value is -1.66. The second-order valence-electron chi connectivity index (χ2n) is 6.87. The Balaban J connectivity index is 1.35. The normalized spacial score (nSPS) is 19.2. The maximum Gasteiger partial charge on any atom is 0.224 e. The number of carbonyl (C=O) groups is 1. The molecule has 2 aliphatic rings. The molecule has 1 amide bonds. The van der Waals surface area contributed by atoms with Gasteiger partial charge in [0.2, 0.25) is 5.91 Å². The van der Waals surface area contributed by atoms with Crippen molar-refractivity contribution >= 4 is 17.2 Å². The maximum absolute atomic E-state index is 12.6. The van der Waals surface area contributed by atoms with E-state index in [4.69, 9.17) is 4.74 Å². The van der Waals surface area contributed by atoms with Crippen LogP contribution in [0.5, 0.6) is 0 Å². The average molecular weight is 359 g/mol. The van der Waals surface area contributed by atoms with Crippen LogP contribution in [0.1, 0.15) is 42.5 Å². The van der Waals surface area contributed by atoms with Gasteiger partial charge in [0.05, 0.1) is 12.2 Å². The molecule has 0 unspecified atom stereocenters. The zero-order valence-corrected chi connectivity index (χ0v) is 15.6. The number of aromatic nitrogens is 2. The second kappa shape index (κ2) is 6.92. The van der Waals surface area contributed by atoms with Crippen molar-refractivity contribution in [3.63, 3.8) is 0 Å². The zero-order chi connectivity index (χ0) is 17.3. The third kappa shape index (κ3) is 3.13. The van der Waals surface area contributed by atoms with Gasteiger partial charge in [0.25, 0.3) is 0 Å². The first-order chi connectivity index (χ1) is 12.2. The van der Waals surface area contributed by atoms with Gasteiger partial charge in [-0.15, -0.1) is 11.3 Å². The Morgan fingerprint density at radius 3 is 3.04 bits per heavy atom. The Labute approximate surface area is 152 Å². The van der Waals surface area contributed by atoms with Crippen molar-refractivity contribution < 1.29 is 9.53 Å². The molecular weight excluding hydrogens is 334 g/mol. The molecule has 134 valence electrons. The van der Waals surface area contributed by atoms with E-state index in [-0.39, 0.29) is 11.5 Å². The first-order valence-electron chi connectivity index (χ1n) is 9.20. The molecule has 1 spiro atoms. The molecule has 1 saturated heterocycles. The molecular formula is C19H25N3O2S. The number of nitrogens with zero attached hydrogens (tertiary/aromatic N) is 3. The van der Waals surface area contributed by atoms with Crippen LogP contribution in [0.2, 0.25) is 0 Å². The molecule has 0 aliphatic carbocycles. The van der Waals surface area contributed by atoms with Gasteiger partial charge in [-0.25, -0.2) is 4.98 Å². The molecule has 2 aliphatic heterocycles. The number of thiophene rings is 1. The lowest BCUT2D eigenvalue weighted by molar-refractivity contribution is -0.140. The van der Waals surface area contributed by atoms with Gasteiger partial charge in [0.15, 0.2) is 0 Å². The first-order valence-corrected chi connectivity index (χ1v) is 10.1. The fraction of sp³-hybridized carbons (Fsp3) is 0.579. The maximum atomic E-state index is 12.6. The number of fused-ring (bicyclic) bond motifs is 2. The largest absolute Gasteiger partial charge is 0.370 e. The number of ether oxygens (including phenoxy) is 1. The molecule has 25 heavy (non-hydrogen) atoms. The third-order valence-corrected chi connectivity index (χ3v) is 6.53. The topological polar surface area (TPSA) is 47.4 Å². The summed E-state index contributed by atoms with van der Waals surface area (Å²) in [6, 6.07) is 2.22. The zero-order valence-electron chi connectivity index (χ0n) is 14.7. The highest BCUT2D eigenvalue weighted by Gasteiger charge is 2.42. The van der Waals surface area contributed by atoms with Crippen LogP contribution in [0, 0.1) is 0 Å².